The molecule has 126 heavy (non-hydrogen) atoms. The summed E-state index contributed by atoms with van der Waals surface area (Å²) in [6, 6.07) is 7.69. The number of aliphatic hydroxyl groups excluding tert-OH is 2. The number of hydrogen-bond acceptors (Lipinski definition) is 34. The molecule has 16 rings (SSSR count). The van der Waals surface area contributed by atoms with Crippen LogP contribution in [-0.2, 0) is 38.1 Å². The summed E-state index contributed by atoms with van der Waals surface area (Å²) in [5.41, 5.74) is 5.69. The van der Waals surface area contributed by atoms with E-state index in [1.165, 1.54) is 23.6 Å². The Labute approximate surface area is 731 Å². The van der Waals surface area contributed by atoms with Gasteiger partial charge in [0.05, 0.1) is 85.3 Å². The number of carbonyl (C=O) groups excluding carboxylic acids is 6. The summed E-state index contributed by atoms with van der Waals surface area (Å²) >= 11 is 11.5. The summed E-state index contributed by atoms with van der Waals surface area (Å²) in [5.74, 6) is -0.0425. The fraction of sp³-hybridized carbons (Fsp3) is 0.476. The van der Waals surface area contributed by atoms with Crippen molar-refractivity contribution < 1.29 is 114 Å². The number of aliphatic carboxylic acids is 2. The van der Waals surface area contributed by atoms with E-state index in [-0.39, 0.29) is 62.8 Å². The van der Waals surface area contributed by atoms with E-state index in [9.17, 15) is 48.6 Å². The van der Waals surface area contributed by atoms with Crippen molar-refractivity contribution in [3.8, 4) is 11.8 Å². The van der Waals surface area contributed by atoms with Crippen molar-refractivity contribution in [2.75, 3.05) is 26.2 Å². The predicted octanol–water partition coefficient (Wildman–Crippen LogP) is 14.1. The SMILES string of the molecule is CC(=O)[C@@H]1C[C@@H](Oc2nccc3c(C)noc23)CN1C(=O)OC(C)(C)C.CC(=O)[C@@H]1C[C@@H](Oc2nccc3nc(C)oc23)CN1C(=O)OC(C)(C)C.CC(C)(C)OC(=O)N1C[C@H](O)C[C@H]1C(=O)O.CC(C)(C)OC(=O)N1C[C@H](O)C[C@H]1C(=O)O.Cc1nc2ccnc(Cl)c2o1.Cc1nc2ccncc2o1.Cc1noc2c(Cl)nccc12.Cc1noc2cnccc12. The molecule has 42 heteroatoms. The lowest BCUT2D eigenvalue weighted by Gasteiger charge is -2.27. The van der Waals surface area contributed by atoms with E-state index in [0.29, 0.717) is 80.4 Å². The summed E-state index contributed by atoms with van der Waals surface area (Å²) in [6.07, 6.45) is 9.23. The van der Waals surface area contributed by atoms with E-state index < -0.39 is 95.1 Å². The van der Waals surface area contributed by atoms with Crippen LogP contribution in [0.3, 0.4) is 0 Å². The van der Waals surface area contributed by atoms with Gasteiger partial charge in [0.1, 0.15) is 63.2 Å². The number of β-amino-alcohol motifs (C(OH)–C–C–N with tert-alkyl or cyclic N) is 2. The minimum Gasteiger partial charge on any atom is -0.480 e. The van der Waals surface area contributed by atoms with Crippen LogP contribution in [0.2, 0.25) is 10.3 Å². The monoisotopic (exact) mass is 1790 g/mol. The molecule has 4 amide bonds. The van der Waals surface area contributed by atoms with Crippen molar-refractivity contribution >= 4 is 137 Å². The number of carboxylic acid groups (broad SMARTS) is 2. The number of halogens is 2. The van der Waals surface area contributed by atoms with Gasteiger partial charge in [-0.2, -0.15) is 0 Å². The maximum Gasteiger partial charge on any atom is 0.411 e. The van der Waals surface area contributed by atoms with Crippen molar-refractivity contribution in [1.29, 1.82) is 0 Å². The standard InChI is InChI=1S/2C18H23N3O5.2C10H17NO5.2C7H5ClN2O.2C7H6N2O/c1-10(22)14-8-12(9-21(14)17(23)26-18(3,4)5)25-16-15-13(6-7-19-16)20-11(2)24-15;1-10-13-6-7-19-16(15(13)26-20-10)24-12-8-14(11(2)22)21(9-12)17(23)25-18(3,4)5;2*1-10(2,3)16-9(15)11-5-6(12)4-7(11)8(13)14;1-4-10-5-2-3-9-7(8)6(5)11-4;1-4-5-2-3-9-7(8)6(5)11-10-4;1-5-9-6-2-3-8-4-7(6)10-5;1-5-6-2-3-8-4-7(6)10-9-5/h2*6-7,12,14H,8-9H2,1-5H3;2*6-7,12H,4-5H2,1-3H3,(H,13,14);2*2-3H,1H3;2*2-4H,1H3/t2*12-,14+;2*6-,7+;;;;/m1111..../s1. The number of likely N-dealkylation sites (tertiary alicyclic amines) is 4. The zero-order valence-electron chi connectivity index (χ0n) is 73.2. The molecule has 0 aromatic carbocycles. The molecular formula is C84H102Cl2N16O24. The minimum atomic E-state index is -1.12. The first kappa shape index (κ1) is 97.0. The maximum absolute atomic E-state index is 12.4. The highest BCUT2D eigenvalue weighted by Gasteiger charge is 2.45. The number of hydrogen-bond donors (Lipinski definition) is 4. The van der Waals surface area contributed by atoms with Crippen molar-refractivity contribution in [2.24, 2.45) is 0 Å². The molecule has 12 aromatic rings. The number of carbonyl (C=O) groups is 8. The normalized spacial score (nSPS) is 18.5. The highest BCUT2D eigenvalue weighted by atomic mass is 35.5. The molecule has 0 bridgehead atoms. The number of fused-ring (bicyclic) bond motifs is 6. The third-order valence-corrected chi connectivity index (χ3v) is 18.8. The van der Waals surface area contributed by atoms with Gasteiger partial charge in [-0.1, -0.05) is 38.7 Å². The number of rotatable bonds is 8. The van der Waals surface area contributed by atoms with Gasteiger partial charge in [-0.3, -0.25) is 39.2 Å². The number of aliphatic hydroxyl groups is 2. The summed E-state index contributed by atoms with van der Waals surface area (Å²) in [6.45, 7) is 35.3. The predicted molar refractivity (Wildman–Crippen MR) is 452 cm³/mol. The van der Waals surface area contributed by atoms with E-state index in [1.807, 2.05) is 45.9 Å². The molecule has 0 unspecified atom stereocenters. The molecule has 8 atom stereocenters. The molecule has 0 aliphatic carbocycles. The average Bonchev–Trinajstić information content (AvgIpc) is 1.65. The summed E-state index contributed by atoms with van der Waals surface area (Å²) in [5, 5.41) is 51.5. The Balaban J connectivity index is 0.000000167. The molecule has 4 aliphatic heterocycles. The van der Waals surface area contributed by atoms with Crippen LogP contribution < -0.4 is 9.47 Å². The summed E-state index contributed by atoms with van der Waals surface area (Å²) in [7, 11) is 0. The number of aryl methyl sites for hydroxylation is 6. The first-order valence-electron chi connectivity index (χ1n) is 39.6. The molecule has 0 radical (unpaired) electrons. The van der Waals surface area contributed by atoms with Gasteiger partial charge in [-0.25, -0.2) is 63.7 Å². The van der Waals surface area contributed by atoms with Gasteiger partial charge < -0.3 is 75.7 Å². The Morgan fingerprint density at radius 1 is 0.397 bits per heavy atom. The van der Waals surface area contributed by atoms with Crippen LogP contribution in [0.15, 0.2) is 113 Å². The second-order valence-electron chi connectivity index (χ2n) is 33.3. The Kier molecular flexibility index (Phi) is 31.8. The number of amides is 4. The van der Waals surface area contributed by atoms with Gasteiger partial charge >= 0.3 is 36.3 Å². The third kappa shape index (κ3) is 26.9. The molecule has 4 fully saturated rings. The molecule has 40 nitrogen and oxygen atoms in total. The lowest BCUT2D eigenvalue weighted by molar-refractivity contribution is -0.142. The lowest BCUT2D eigenvalue weighted by atomic mass is 10.1. The Bertz CT molecular complexity index is 5630. The molecule has 16 heterocycles. The molecule has 4 N–H and O–H groups in total. The Morgan fingerprint density at radius 3 is 1.17 bits per heavy atom. The molecule has 0 saturated carbocycles. The number of ketones is 2. The Morgan fingerprint density at radius 2 is 0.738 bits per heavy atom. The van der Waals surface area contributed by atoms with Crippen molar-refractivity contribution in [2.45, 2.75) is 235 Å². The van der Waals surface area contributed by atoms with Crippen molar-refractivity contribution in [3.05, 3.63) is 131 Å². The largest absolute Gasteiger partial charge is 0.480 e. The van der Waals surface area contributed by atoms with Gasteiger partial charge in [0.2, 0.25) is 16.7 Å². The zero-order valence-corrected chi connectivity index (χ0v) is 74.7. The summed E-state index contributed by atoms with van der Waals surface area (Å²) < 4.78 is 63.9. The van der Waals surface area contributed by atoms with Crippen LogP contribution in [0.5, 0.6) is 11.8 Å². The summed E-state index contributed by atoms with van der Waals surface area (Å²) in [4.78, 5) is 135. The number of Topliss-reactive ketones (excluding diaryl/α,β-unsaturated/α-hetero) is 2. The van der Waals surface area contributed by atoms with E-state index in [0.717, 1.165) is 65.2 Å². The lowest BCUT2D eigenvalue weighted by Crippen LogP contribution is -2.43. The fourth-order valence-electron chi connectivity index (χ4n) is 12.8. The zero-order chi connectivity index (χ0) is 92.8. The van der Waals surface area contributed by atoms with E-state index >= 15 is 0 Å². The van der Waals surface area contributed by atoms with E-state index in [4.69, 9.17) is 88.7 Å². The van der Waals surface area contributed by atoms with Crippen LogP contribution in [0.4, 0.5) is 19.2 Å². The number of oxazole rings is 3. The number of ether oxygens (including phenoxy) is 6. The van der Waals surface area contributed by atoms with Crippen molar-refractivity contribution in [3.63, 3.8) is 0 Å². The molecule has 4 saturated heterocycles. The van der Waals surface area contributed by atoms with Crippen LogP contribution in [0.1, 0.15) is 157 Å². The number of nitrogens with zero attached hydrogens (tertiary/aromatic N) is 16. The van der Waals surface area contributed by atoms with Gasteiger partial charge in [0, 0.05) is 94.4 Å². The Hall–Kier alpha value is -12.8. The first-order valence-corrected chi connectivity index (χ1v) is 40.4. The second-order valence-corrected chi connectivity index (χ2v) is 34.0. The molecule has 0 spiro atoms. The van der Waals surface area contributed by atoms with Crippen molar-refractivity contribution in [1.82, 2.24) is 79.9 Å². The number of carboxylic acids is 2. The molecular weight excluding hydrogens is 1690 g/mol. The average molecular weight is 1790 g/mol. The van der Waals surface area contributed by atoms with Gasteiger partial charge in [-0.15, -0.1) is 0 Å². The number of aromatic nitrogens is 12. The molecule has 12 aromatic heterocycles. The van der Waals surface area contributed by atoms with Crippen LogP contribution in [-0.4, -0.2) is 245 Å². The highest BCUT2D eigenvalue weighted by Crippen LogP contribution is 2.34. The van der Waals surface area contributed by atoms with Crippen LogP contribution in [0, 0.1) is 41.5 Å². The smallest absolute Gasteiger partial charge is 0.411 e. The topological polar surface area (TPSA) is 519 Å². The highest BCUT2D eigenvalue weighted by molar-refractivity contribution is 6.33. The van der Waals surface area contributed by atoms with E-state index in [2.05, 4.69) is 60.3 Å². The maximum atomic E-state index is 12.4. The third-order valence-electron chi connectivity index (χ3n) is 18.2. The minimum absolute atomic E-state index is 0.00583. The van der Waals surface area contributed by atoms with Crippen LogP contribution in [0.25, 0.3) is 66.2 Å². The molecule has 676 valence electrons. The van der Waals surface area contributed by atoms with Gasteiger partial charge in [0.15, 0.2) is 56.3 Å². The second kappa shape index (κ2) is 41.3. The van der Waals surface area contributed by atoms with Gasteiger partial charge in [0.25, 0.3) is 11.8 Å². The number of pyridine rings is 6. The first-order chi connectivity index (χ1) is 59.0. The van der Waals surface area contributed by atoms with Crippen LogP contribution >= 0.6 is 23.2 Å². The fourth-order valence-corrected chi connectivity index (χ4v) is 13.2. The molecule has 4 aliphatic rings. The van der Waals surface area contributed by atoms with Gasteiger partial charge in [-0.05, 0) is 154 Å². The quantitative estimate of drug-likeness (QED) is 0.0810. The van der Waals surface area contributed by atoms with E-state index in [1.54, 1.807) is 165 Å².